The van der Waals surface area contributed by atoms with E-state index in [4.69, 9.17) is 10.1 Å². The van der Waals surface area contributed by atoms with E-state index in [1.807, 2.05) is 68.4 Å². The first-order valence-corrected chi connectivity index (χ1v) is 11.1. The van der Waals surface area contributed by atoms with Crippen LogP contribution in [-0.4, -0.2) is 47.7 Å². The van der Waals surface area contributed by atoms with Gasteiger partial charge in [0.2, 0.25) is 5.17 Å². The van der Waals surface area contributed by atoms with E-state index in [-0.39, 0.29) is 18.0 Å². The molecule has 4 rings (SSSR count). The first kappa shape index (κ1) is 21.3. The van der Waals surface area contributed by atoms with Gasteiger partial charge in [-0.3, -0.25) is 10.2 Å². The number of amidine groups is 2. The molecule has 31 heavy (non-hydrogen) atoms. The highest BCUT2D eigenvalue weighted by Crippen LogP contribution is 2.30. The minimum absolute atomic E-state index is 0.000800. The number of halogens is 1. The molecule has 2 aromatic carbocycles. The number of aliphatic imine (C=N–C) groups is 1. The molecule has 158 valence electrons. The molecule has 1 amide bonds. The minimum Gasteiger partial charge on any atom is -0.487 e. The number of anilines is 1. The van der Waals surface area contributed by atoms with Crippen LogP contribution < -0.4 is 9.64 Å². The van der Waals surface area contributed by atoms with Crippen molar-refractivity contribution >= 4 is 61.4 Å². The van der Waals surface area contributed by atoms with Crippen molar-refractivity contribution in [2.75, 3.05) is 25.6 Å². The van der Waals surface area contributed by atoms with E-state index < -0.39 is 5.91 Å². The lowest BCUT2D eigenvalue weighted by Crippen LogP contribution is -2.35. The number of ether oxygens (including phenoxy) is 1. The summed E-state index contributed by atoms with van der Waals surface area (Å²) in [5, 5.41) is 15.3. The number of hydrazone groups is 1. The largest absolute Gasteiger partial charge is 0.487 e. The number of carbonyl (C=O) groups is 1. The second-order valence-corrected chi connectivity index (χ2v) is 9.12. The Hall–Kier alpha value is -2.91. The molecule has 2 aliphatic rings. The molecule has 0 saturated carbocycles. The number of hydrogen-bond acceptors (Lipinski definition) is 6. The van der Waals surface area contributed by atoms with E-state index in [1.165, 1.54) is 16.8 Å². The SMILES string of the molecule is Cc1cccc(OCC2=NN3C(=N)/C(=C\c4ccc(N(C)C)c(Br)c4)C(=O)N=C3S2)c1. The second-order valence-electron chi connectivity index (χ2n) is 7.22. The van der Waals surface area contributed by atoms with Crippen LogP contribution in [0.1, 0.15) is 11.1 Å². The molecule has 0 saturated heterocycles. The summed E-state index contributed by atoms with van der Waals surface area (Å²) in [6.45, 7) is 2.24. The molecule has 2 aliphatic heterocycles. The highest BCUT2D eigenvalue weighted by Gasteiger charge is 2.35. The fourth-order valence-electron chi connectivity index (χ4n) is 3.08. The van der Waals surface area contributed by atoms with Gasteiger partial charge in [-0.2, -0.15) is 15.1 Å². The number of amides is 1. The maximum Gasteiger partial charge on any atom is 0.283 e. The Morgan fingerprint density at radius 3 is 2.77 bits per heavy atom. The number of carbonyl (C=O) groups excluding carboxylic acids is 1. The summed E-state index contributed by atoms with van der Waals surface area (Å²) in [7, 11) is 3.91. The van der Waals surface area contributed by atoms with Crippen molar-refractivity contribution in [2.45, 2.75) is 6.92 Å². The van der Waals surface area contributed by atoms with Gasteiger partial charge >= 0.3 is 0 Å². The smallest absolute Gasteiger partial charge is 0.283 e. The number of fused-ring (bicyclic) bond motifs is 1. The Morgan fingerprint density at radius 2 is 2.06 bits per heavy atom. The summed E-state index contributed by atoms with van der Waals surface area (Å²) in [6, 6.07) is 13.5. The molecular weight excluding hydrogens is 478 g/mol. The predicted molar refractivity (Wildman–Crippen MR) is 130 cm³/mol. The molecule has 1 N–H and O–H groups in total. The Bertz CT molecular complexity index is 1170. The summed E-state index contributed by atoms with van der Waals surface area (Å²) in [4.78, 5) is 18.7. The van der Waals surface area contributed by atoms with E-state index in [2.05, 4.69) is 26.0 Å². The van der Waals surface area contributed by atoms with E-state index in [0.717, 1.165) is 27.0 Å². The number of hydrogen-bond donors (Lipinski definition) is 1. The average Bonchev–Trinajstić information content (AvgIpc) is 3.12. The predicted octanol–water partition coefficient (Wildman–Crippen LogP) is 4.52. The van der Waals surface area contributed by atoms with Gasteiger partial charge < -0.3 is 9.64 Å². The molecule has 0 fully saturated rings. The molecule has 0 atom stereocenters. The first-order valence-electron chi connectivity index (χ1n) is 9.47. The third-order valence-electron chi connectivity index (χ3n) is 4.61. The standard InChI is InChI=1S/C22H20BrN5O2S/c1-13-5-4-6-15(9-13)30-12-19-26-28-20(24)16(21(29)25-22(28)31-19)10-14-7-8-18(27(2)3)17(23)11-14/h4-11,24H,12H2,1-3H3/b16-10+,24-20?. The van der Waals surface area contributed by atoms with Crippen LogP contribution in [0, 0.1) is 12.3 Å². The Labute approximate surface area is 193 Å². The van der Waals surface area contributed by atoms with E-state index in [0.29, 0.717) is 10.2 Å². The van der Waals surface area contributed by atoms with Crippen molar-refractivity contribution in [1.82, 2.24) is 5.01 Å². The highest BCUT2D eigenvalue weighted by atomic mass is 79.9. The molecule has 0 aromatic heterocycles. The van der Waals surface area contributed by atoms with Crippen molar-refractivity contribution in [3.63, 3.8) is 0 Å². The molecule has 2 aromatic rings. The molecule has 7 nitrogen and oxygen atoms in total. The van der Waals surface area contributed by atoms with Crippen LogP contribution in [-0.2, 0) is 4.79 Å². The lowest BCUT2D eigenvalue weighted by molar-refractivity contribution is -0.114. The Kier molecular flexibility index (Phi) is 5.97. The summed E-state index contributed by atoms with van der Waals surface area (Å²) in [6.07, 6.45) is 1.66. The van der Waals surface area contributed by atoms with Gasteiger partial charge in [0.25, 0.3) is 5.91 Å². The highest BCUT2D eigenvalue weighted by molar-refractivity contribution is 9.10. The fourth-order valence-corrected chi connectivity index (χ4v) is 4.63. The van der Waals surface area contributed by atoms with Gasteiger partial charge in [0.15, 0.2) is 5.84 Å². The zero-order chi connectivity index (χ0) is 22.1. The van der Waals surface area contributed by atoms with E-state index in [9.17, 15) is 4.79 Å². The number of thioether (sulfide) groups is 1. The third-order valence-corrected chi connectivity index (χ3v) is 6.13. The maximum atomic E-state index is 12.6. The number of nitrogens with one attached hydrogen (secondary N) is 1. The van der Waals surface area contributed by atoms with Crippen molar-refractivity contribution in [3.8, 4) is 5.75 Å². The number of rotatable bonds is 5. The zero-order valence-corrected chi connectivity index (χ0v) is 19.6. The molecule has 0 bridgehead atoms. The summed E-state index contributed by atoms with van der Waals surface area (Å²) in [5.74, 6) is 0.294. The first-order chi connectivity index (χ1) is 14.8. The van der Waals surface area contributed by atoms with Gasteiger partial charge in [-0.25, -0.2) is 0 Å². The molecule has 0 radical (unpaired) electrons. The molecular formula is C22H20BrN5O2S. The maximum absolute atomic E-state index is 12.6. The number of aryl methyl sites for hydroxylation is 1. The Morgan fingerprint density at radius 1 is 1.26 bits per heavy atom. The van der Waals surface area contributed by atoms with Crippen LogP contribution >= 0.6 is 27.7 Å². The number of nitrogens with zero attached hydrogens (tertiary/aromatic N) is 4. The summed E-state index contributed by atoms with van der Waals surface area (Å²) in [5.41, 5.74) is 3.11. The average molecular weight is 498 g/mol. The Balaban J connectivity index is 1.53. The van der Waals surface area contributed by atoms with Crippen LogP contribution in [0.15, 0.2) is 62.6 Å². The normalized spacial score (nSPS) is 16.9. The van der Waals surface area contributed by atoms with E-state index in [1.54, 1.807) is 6.08 Å². The van der Waals surface area contributed by atoms with Gasteiger partial charge in [-0.15, -0.1) is 0 Å². The van der Waals surface area contributed by atoms with Gasteiger partial charge in [0.1, 0.15) is 17.4 Å². The zero-order valence-electron chi connectivity index (χ0n) is 17.2. The van der Waals surface area contributed by atoms with Gasteiger partial charge in [0, 0.05) is 18.6 Å². The van der Waals surface area contributed by atoms with Crippen LogP contribution in [0.4, 0.5) is 5.69 Å². The molecule has 9 heteroatoms. The second kappa shape index (κ2) is 8.68. The van der Waals surface area contributed by atoms with Crippen molar-refractivity contribution in [3.05, 3.63) is 63.6 Å². The van der Waals surface area contributed by atoms with Crippen LogP contribution in [0.2, 0.25) is 0 Å². The van der Waals surface area contributed by atoms with Crippen molar-refractivity contribution in [1.29, 1.82) is 5.41 Å². The molecule has 0 aliphatic carbocycles. The molecule has 0 spiro atoms. The topological polar surface area (TPSA) is 81.4 Å². The third kappa shape index (κ3) is 4.57. The molecule has 0 unspecified atom stereocenters. The number of benzene rings is 2. The quantitative estimate of drug-likeness (QED) is 0.614. The van der Waals surface area contributed by atoms with Gasteiger partial charge in [0.05, 0.1) is 11.3 Å². The summed E-state index contributed by atoms with van der Waals surface area (Å²) < 4.78 is 6.69. The monoisotopic (exact) mass is 497 g/mol. The molecule has 2 heterocycles. The lowest BCUT2D eigenvalue weighted by Gasteiger charge is -2.20. The van der Waals surface area contributed by atoms with Crippen LogP contribution in [0.25, 0.3) is 6.08 Å². The van der Waals surface area contributed by atoms with Crippen molar-refractivity contribution in [2.24, 2.45) is 10.1 Å². The fraction of sp³-hybridized carbons (Fsp3) is 0.182. The van der Waals surface area contributed by atoms with Crippen LogP contribution in [0.5, 0.6) is 5.75 Å². The van der Waals surface area contributed by atoms with Gasteiger partial charge in [-0.05, 0) is 76.1 Å². The summed E-state index contributed by atoms with van der Waals surface area (Å²) >= 11 is 4.79. The van der Waals surface area contributed by atoms with Crippen LogP contribution in [0.3, 0.4) is 0 Å². The minimum atomic E-state index is -0.451. The lowest BCUT2D eigenvalue weighted by atomic mass is 10.1. The van der Waals surface area contributed by atoms with E-state index >= 15 is 0 Å². The van der Waals surface area contributed by atoms with Crippen molar-refractivity contribution < 1.29 is 9.53 Å². The van der Waals surface area contributed by atoms with Gasteiger partial charge in [-0.1, -0.05) is 18.2 Å².